The van der Waals surface area contributed by atoms with Gasteiger partial charge in [-0.25, -0.2) is 0 Å². The molecule has 7 heteroatoms. The highest BCUT2D eigenvalue weighted by molar-refractivity contribution is 5.27. The first-order valence-electron chi connectivity index (χ1n) is 7.00. The predicted molar refractivity (Wildman–Crippen MR) is 71.1 cm³/mol. The zero-order chi connectivity index (χ0) is 15.8. The van der Waals surface area contributed by atoms with Gasteiger partial charge in [0, 0.05) is 13.0 Å². The van der Waals surface area contributed by atoms with Crippen LogP contribution in [0.25, 0.3) is 0 Å². The SMILES string of the molecule is C[C@@]1(c2nc(Cc3cccc(C(F)(F)F)c3)no2)CCCO1. The molecule has 0 spiro atoms. The van der Waals surface area contributed by atoms with E-state index in [1.54, 1.807) is 6.07 Å². The maximum absolute atomic E-state index is 12.7. The minimum absolute atomic E-state index is 0.184. The summed E-state index contributed by atoms with van der Waals surface area (Å²) in [4.78, 5) is 4.27. The Morgan fingerprint density at radius 3 is 2.82 bits per heavy atom. The summed E-state index contributed by atoms with van der Waals surface area (Å²) in [6.07, 6.45) is -2.47. The second-order valence-electron chi connectivity index (χ2n) is 5.57. The lowest BCUT2D eigenvalue weighted by Crippen LogP contribution is -2.20. The Hall–Kier alpha value is -1.89. The molecule has 1 atom stereocenters. The first-order valence-corrected chi connectivity index (χ1v) is 7.00. The molecule has 2 aromatic rings. The molecule has 118 valence electrons. The molecule has 1 aliphatic rings. The minimum atomic E-state index is -4.36. The van der Waals surface area contributed by atoms with Crippen LogP contribution in [0.5, 0.6) is 0 Å². The van der Waals surface area contributed by atoms with Crippen molar-refractivity contribution in [1.29, 1.82) is 0 Å². The number of ether oxygens (including phenoxy) is 1. The fraction of sp³-hybridized carbons (Fsp3) is 0.467. The van der Waals surface area contributed by atoms with Crippen LogP contribution in [0.15, 0.2) is 28.8 Å². The molecule has 0 saturated carbocycles. The van der Waals surface area contributed by atoms with Crippen LogP contribution in [-0.2, 0) is 22.9 Å². The molecule has 0 N–H and O–H groups in total. The van der Waals surface area contributed by atoms with Crippen molar-refractivity contribution in [3.05, 3.63) is 47.1 Å². The van der Waals surface area contributed by atoms with Gasteiger partial charge in [-0.15, -0.1) is 0 Å². The van der Waals surface area contributed by atoms with Crippen molar-refractivity contribution in [3.63, 3.8) is 0 Å². The summed E-state index contributed by atoms with van der Waals surface area (Å²) in [6.45, 7) is 2.52. The van der Waals surface area contributed by atoms with E-state index >= 15 is 0 Å². The quantitative estimate of drug-likeness (QED) is 0.867. The third kappa shape index (κ3) is 2.99. The van der Waals surface area contributed by atoms with Gasteiger partial charge >= 0.3 is 6.18 Å². The molecule has 1 aromatic carbocycles. The van der Waals surface area contributed by atoms with Crippen LogP contribution in [0.2, 0.25) is 0 Å². The van der Waals surface area contributed by atoms with Gasteiger partial charge < -0.3 is 9.26 Å². The van der Waals surface area contributed by atoms with Gasteiger partial charge in [-0.1, -0.05) is 23.4 Å². The molecule has 3 rings (SSSR count). The maximum Gasteiger partial charge on any atom is 0.416 e. The number of aromatic nitrogens is 2. The van der Waals surface area contributed by atoms with Gasteiger partial charge in [-0.3, -0.25) is 0 Å². The lowest BCUT2D eigenvalue weighted by Gasteiger charge is -2.16. The van der Waals surface area contributed by atoms with Crippen molar-refractivity contribution in [3.8, 4) is 0 Å². The van der Waals surface area contributed by atoms with E-state index in [1.165, 1.54) is 6.07 Å². The van der Waals surface area contributed by atoms with Gasteiger partial charge in [-0.2, -0.15) is 18.2 Å². The summed E-state index contributed by atoms with van der Waals surface area (Å²) in [5, 5.41) is 3.85. The first-order chi connectivity index (χ1) is 10.4. The summed E-state index contributed by atoms with van der Waals surface area (Å²) >= 11 is 0. The molecule has 22 heavy (non-hydrogen) atoms. The third-order valence-corrected chi connectivity index (χ3v) is 3.76. The Morgan fingerprint density at radius 2 is 2.14 bits per heavy atom. The van der Waals surface area contributed by atoms with Gasteiger partial charge in [0.05, 0.1) is 5.56 Å². The molecule has 1 fully saturated rings. The minimum Gasteiger partial charge on any atom is -0.365 e. The second kappa shape index (κ2) is 5.39. The number of benzene rings is 1. The third-order valence-electron chi connectivity index (χ3n) is 3.76. The van der Waals surface area contributed by atoms with Crippen LogP contribution >= 0.6 is 0 Å². The molecular formula is C15H15F3N2O2. The summed E-state index contributed by atoms with van der Waals surface area (Å²) in [5.74, 6) is 0.734. The topological polar surface area (TPSA) is 48.2 Å². The van der Waals surface area contributed by atoms with Crippen LogP contribution in [0.4, 0.5) is 13.2 Å². The Bertz CT molecular complexity index is 661. The Balaban J connectivity index is 1.78. The normalized spacial score (nSPS) is 22.2. The molecular weight excluding hydrogens is 297 g/mol. The monoisotopic (exact) mass is 312 g/mol. The van der Waals surface area contributed by atoms with E-state index < -0.39 is 17.3 Å². The van der Waals surface area contributed by atoms with Gasteiger partial charge in [0.2, 0.25) is 0 Å². The van der Waals surface area contributed by atoms with Crippen molar-refractivity contribution in [2.45, 2.75) is 38.0 Å². The molecule has 0 radical (unpaired) electrons. The highest BCUT2D eigenvalue weighted by Crippen LogP contribution is 2.34. The smallest absolute Gasteiger partial charge is 0.365 e. The lowest BCUT2D eigenvalue weighted by atomic mass is 10.0. The van der Waals surface area contributed by atoms with Gasteiger partial charge in [0.15, 0.2) is 5.82 Å². The van der Waals surface area contributed by atoms with Gasteiger partial charge in [0.25, 0.3) is 5.89 Å². The van der Waals surface area contributed by atoms with E-state index in [4.69, 9.17) is 9.26 Å². The number of rotatable bonds is 3. The summed E-state index contributed by atoms with van der Waals surface area (Å²) in [5.41, 5.74) is -0.779. The van der Waals surface area contributed by atoms with E-state index in [1.807, 2.05) is 6.92 Å². The van der Waals surface area contributed by atoms with E-state index in [2.05, 4.69) is 10.1 Å². The van der Waals surface area contributed by atoms with Gasteiger partial charge in [0.1, 0.15) is 5.60 Å². The van der Waals surface area contributed by atoms with Gasteiger partial charge in [-0.05, 0) is 31.4 Å². The highest BCUT2D eigenvalue weighted by atomic mass is 19.4. The lowest BCUT2D eigenvalue weighted by molar-refractivity contribution is -0.137. The van der Waals surface area contributed by atoms with Crippen LogP contribution in [0, 0.1) is 0 Å². The van der Waals surface area contributed by atoms with Crippen LogP contribution < -0.4 is 0 Å². The first kappa shape index (κ1) is 15.0. The van der Waals surface area contributed by atoms with Crippen molar-refractivity contribution < 1.29 is 22.4 Å². The molecule has 0 amide bonds. The van der Waals surface area contributed by atoms with Crippen molar-refractivity contribution in [2.75, 3.05) is 6.61 Å². The van der Waals surface area contributed by atoms with Crippen LogP contribution in [-0.4, -0.2) is 16.7 Å². The molecule has 0 aliphatic carbocycles. The summed E-state index contributed by atoms with van der Waals surface area (Å²) in [7, 11) is 0. The van der Waals surface area contributed by atoms with E-state index in [0.29, 0.717) is 23.9 Å². The number of hydrogen-bond donors (Lipinski definition) is 0. The Kier molecular flexibility index (Phi) is 3.68. The number of alkyl halides is 3. The Labute approximate surface area is 125 Å². The van der Waals surface area contributed by atoms with Crippen molar-refractivity contribution in [1.82, 2.24) is 10.1 Å². The number of hydrogen-bond acceptors (Lipinski definition) is 4. The second-order valence-corrected chi connectivity index (χ2v) is 5.57. The summed E-state index contributed by atoms with van der Waals surface area (Å²) in [6, 6.07) is 5.13. The predicted octanol–water partition coefficient (Wildman–Crippen LogP) is 3.70. The molecule has 1 saturated heterocycles. The molecule has 0 bridgehead atoms. The molecule has 0 unspecified atom stereocenters. The van der Waals surface area contributed by atoms with Crippen LogP contribution in [0.3, 0.4) is 0 Å². The fourth-order valence-electron chi connectivity index (χ4n) is 2.53. The zero-order valence-corrected chi connectivity index (χ0v) is 12.0. The van der Waals surface area contributed by atoms with Crippen molar-refractivity contribution >= 4 is 0 Å². The average Bonchev–Trinajstić information content (AvgIpc) is 3.08. The maximum atomic E-state index is 12.7. The molecule has 1 aromatic heterocycles. The number of nitrogens with zero attached hydrogens (tertiary/aromatic N) is 2. The highest BCUT2D eigenvalue weighted by Gasteiger charge is 2.37. The van der Waals surface area contributed by atoms with Crippen LogP contribution in [0.1, 0.15) is 42.6 Å². The molecule has 2 heterocycles. The fourth-order valence-corrected chi connectivity index (χ4v) is 2.53. The zero-order valence-electron chi connectivity index (χ0n) is 12.0. The summed E-state index contributed by atoms with van der Waals surface area (Å²) < 4.78 is 48.9. The largest absolute Gasteiger partial charge is 0.416 e. The van der Waals surface area contributed by atoms with E-state index in [9.17, 15) is 13.2 Å². The molecule has 1 aliphatic heterocycles. The molecule has 4 nitrogen and oxygen atoms in total. The average molecular weight is 312 g/mol. The standard InChI is InChI=1S/C15H15F3N2O2/c1-14(6-3-7-21-14)13-19-12(20-22-13)9-10-4-2-5-11(8-10)15(16,17)18/h2,4-5,8H,3,6-7,9H2,1H3/t14-/m0/s1. The van der Waals surface area contributed by atoms with E-state index in [0.717, 1.165) is 25.0 Å². The Morgan fingerprint density at radius 1 is 1.32 bits per heavy atom. The number of halogens is 3. The van der Waals surface area contributed by atoms with E-state index in [-0.39, 0.29) is 6.42 Å². The van der Waals surface area contributed by atoms with Crippen molar-refractivity contribution in [2.24, 2.45) is 0 Å².